The highest BCUT2D eigenvalue weighted by molar-refractivity contribution is 5.72. The van der Waals surface area contributed by atoms with Gasteiger partial charge in [0.05, 0.1) is 18.2 Å². The largest absolute Gasteiger partial charge is 0.466 e. The third kappa shape index (κ3) is 5.37. The summed E-state index contributed by atoms with van der Waals surface area (Å²) in [7, 11) is 0. The van der Waals surface area contributed by atoms with Gasteiger partial charge in [-0.2, -0.15) is 0 Å². The fourth-order valence-electron chi connectivity index (χ4n) is 5.66. The molecule has 6 nitrogen and oxygen atoms in total. The van der Waals surface area contributed by atoms with E-state index in [4.69, 9.17) is 9.72 Å². The molecule has 2 bridgehead atoms. The van der Waals surface area contributed by atoms with Crippen LogP contribution in [0.2, 0.25) is 0 Å². The Morgan fingerprint density at radius 1 is 1.09 bits per heavy atom. The Balaban J connectivity index is 1.38. The lowest BCUT2D eigenvalue weighted by atomic mass is 9.75. The first-order chi connectivity index (χ1) is 17.0. The van der Waals surface area contributed by atoms with Crippen molar-refractivity contribution in [1.82, 2.24) is 9.88 Å². The van der Waals surface area contributed by atoms with Gasteiger partial charge in [-0.1, -0.05) is 42.2 Å². The van der Waals surface area contributed by atoms with E-state index in [1.165, 1.54) is 5.56 Å². The van der Waals surface area contributed by atoms with E-state index in [-0.39, 0.29) is 17.8 Å². The Labute approximate surface area is 208 Å². The molecule has 1 aromatic heterocycles. The summed E-state index contributed by atoms with van der Waals surface area (Å²) in [6.07, 6.45) is 4.27. The average Bonchev–Trinajstić information content (AvgIpc) is 2.89. The number of aromatic nitrogens is 1. The zero-order chi connectivity index (χ0) is 24.3. The van der Waals surface area contributed by atoms with Crippen molar-refractivity contribution in [2.45, 2.75) is 44.6 Å². The Morgan fingerprint density at radius 2 is 1.83 bits per heavy atom. The number of hydrogen-bond acceptors (Lipinski definition) is 6. The van der Waals surface area contributed by atoms with Crippen molar-refractivity contribution in [3.63, 3.8) is 0 Å². The number of fused-ring (bicyclic) bond motifs is 3. The van der Waals surface area contributed by atoms with Gasteiger partial charge in [0.1, 0.15) is 11.4 Å². The lowest BCUT2D eigenvalue weighted by Crippen LogP contribution is -2.58. The molecule has 4 fully saturated rings. The molecular formula is C29H35N3O3. The number of nitrogens with zero attached hydrogens (tertiary/aromatic N) is 3. The fourth-order valence-corrected chi connectivity index (χ4v) is 5.66. The van der Waals surface area contributed by atoms with Gasteiger partial charge in [-0.15, -0.1) is 0 Å². The van der Waals surface area contributed by atoms with Gasteiger partial charge in [0, 0.05) is 37.5 Å². The molecule has 4 aliphatic heterocycles. The summed E-state index contributed by atoms with van der Waals surface area (Å²) in [5, 5.41) is 11.3. The Kier molecular flexibility index (Phi) is 7.08. The topological polar surface area (TPSA) is 65.9 Å². The zero-order valence-corrected chi connectivity index (χ0v) is 20.6. The summed E-state index contributed by atoms with van der Waals surface area (Å²) < 4.78 is 5.22. The molecule has 6 rings (SSSR count). The number of pyridine rings is 1. The van der Waals surface area contributed by atoms with Crippen molar-refractivity contribution in [2.24, 2.45) is 11.8 Å². The number of ether oxygens (including phenoxy) is 1. The molecule has 1 unspecified atom stereocenters. The SMILES string of the molecule is CCOC(=O)C1CCN(c2ccc(C#CC3(O)CN4CCC3CC4)c(Cc3ccccc3)n2)CC1. The molecule has 35 heavy (non-hydrogen) atoms. The molecule has 0 radical (unpaired) electrons. The predicted octanol–water partition coefficient (Wildman–Crippen LogP) is 3.26. The number of rotatable bonds is 5. The highest BCUT2D eigenvalue weighted by Gasteiger charge is 2.44. The van der Waals surface area contributed by atoms with E-state index in [2.05, 4.69) is 39.8 Å². The first kappa shape index (κ1) is 23.8. The van der Waals surface area contributed by atoms with Crippen molar-refractivity contribution in [2.75, 3.05) is 44.2 Å². The van der Waals surface area contributed by atoms with Gasteiger partial charge in [0.2, 0.25) is 0 Å². The van der Waals surface area contributed by atoms with Crippen molar-refractivity contribution >= 4 is 11.8 Å². The third-order valence-corrected chi connectivity index (χ3v) is 7.75. The van der Waals surface area contributed by atoms with Gasteiger partial charge in [0.25, 0.3) is 0 Å². The van der Waals surface area contributed by atoms with Gasteiger partial charge >= 0.3 is 5.97 Å². The van der Waals surface area contributed by atoms with E-state index in [0.29, 0.717) is 19.6 Å². The maximum absolute atomic E-state index is 12.1. The van der Waals surface area contributed by atoms with E-state index in [1.54, 1.807) is 0 Å². The minimum atomic E-state index is -0.936. The van der Waals surface area contributed by atoms with Gasteiger partial charge < -0.3 is 14.7 Å². The molecular weight excluding hydrogens is 438 g/mol. The molecule has 0 aliphatic carbocycles. The monoisotopic (exact) mass is 473 g/mol. The molecule has 1 N–H and O–H groups in total. The molecule has 1 atom stereocenters. The number of piperidine rings is 4. The molecule has 2 aromatic rings. The number of carbonyl (C=O) groups is 1. The zero-order valence-electron chi connectivity index (χ0n) is 20.6. The van der Waals surface area contributed by atoms with E-state index in [0.717, 1.165) is 68.9 Å². The molecule has 4 saturated heterocycles. The number of aliphatic hydroxyl groups is 1. The van der Waals surface area contributed by atoms with E-state index in [1.807, 2.05) is 31.2 Å². The number of esters is 1. The van der Waals surface area contributed by atoms with Crippen LogP contribution in [0, 0.1) is 23.7 Å². The van der Waals surface area contributed by atoms with Gasteiger partial charge in [-0.05, 0) is 63.4 Å². The van der Waals surface area contributed by atoms with Crippen LogP contribution in [0.1, 0.15) is 49.4 Å². The summed E-state index contributed by atoms with van der Waals surface area (Å²) in [4.78, 5) is 21.7. The van der Waals surface area contributed by atoms with Crippen molar-refractivity contribution in [1.29, 1.82) is 0 Å². The van der Waals surface area contributed by atoms with Crippen LogP contribution in [0.15, 0.2) is 42.5 Å². The van der Waals surface area contributed by atoms with Crippen molar-refractivity contribution in [3.8, 4) is 11.8 Å². The van der Waals surface area contributed by atoms with Crippen LogP contribution in [0.5, 0.6) is 0 Å². The molecule has 5 heterocycles. The fraction of sp³-hybridized carbons (Fsp3) is 0.517. The molecule has 0 saturated carbocycles. The quantitative estimate of drug-likeness (QED) is 0.531. The first-order valence-electron chi connectivity index (χ1n) is 13.0. The second kappa shape index (κ2) is 10.4. The molecule has 0 spiro atoms. The van der Waals surface area contributed by atoms with Gasteiger partial charge in [0.15, 0.2) is 0 Å². The summed E-state index contributed by atoms with van der Waals surface area (Å²) in [5.74, 6) is 7.65. The first-order valence-corrected chi connectivity index (χ1v) is 13.0. The van der Waals surface area contributed by atoms with E-state index >= 15 is 0 Å². The second-order valence-electron chi connectivity index (χ2n) is 10.1. The molecule has 0 amide bonds. The Morgan fingerprint density at radius 3 is 2.49 bits per heavy atom. The van der Waals surface area contributed by atoms with E-state index < -0.39 is 5.60 Å². The Hall–Kier alpha value is -2.88. The third-order valence-electron chi connectivity index (χ3n) is 7.75. The number of carbonyl (C=O) groups excluding carboxylic acids is 1. The average molecular weight is 474 g/mol. The van der Waals surface area contributed by atoms with Crippen LogP contribution in [0.4, 0.5) is 5.82 Å². The van der Waals surface area contributed by atoms with Gasteiger partial charge in [-0.3, -0.25) is 9.69 Å². The summed E-state index contributed by atoms with van der Waals surface area (Å²) >= 11 is 0. The maximum atomic E-state index is 12.1. The summed E-state index contributed by atoms with van der Waals surface area (Å²) in [6, 6.07) is 14.4. The van der Waals surface area contributed by atoms with Crippen LogP contribution in [0.25, 0.3) is 0 Å². The summed E-state index contributed by atoms with van der Waals surface area (Å²) in [6.45, 7) is 6.62. The lowest BCUT2D eigenvalue weighted by molar-refractivity contribution is -0.148. The molecule has 4 aliphatic rings. The molecule has 6 heteroatoms. The maximum Gasteiger partial charge on any atom is 0.309 e. The second-order valence-corrected chi connectivity index (χ2v) is 10.1. The minimum absolute atomic E-state index is 0.0255. The molecule has 1 aromatic carbocycles. The normalized spacial score (nSPS) is 26.2. The smallest absolute Gasteiger partial charge is 0.309 e. The number of benzene rings is 1. The number of anilines is 1. The molecule has 184 valence electrons. The van der Waals surface area contributed by atoms with Crippen LogP contribution < -0.4 is 4.90 Å². The van der Waals surface area contributed by atoms with Crippen molar-refractivity contribution in [3.05, 3.63) is 59.3 Å². The number of hydrogen-bond donors (Lipinski definition) is 1. The Bertz CT molecular complexity index is 1090. The predicted molar refractivity (Wildman–Crippen MR) is 136 cm³/mol. The van der Waals surface area contributed by atoms with E-state index in [9.17, 15) is 9.90 Å². The van der Waals surface area contributed by atoms with Crippen LogP contribution in [0.3, 0.4) is 0 Å². The highest BCUT2D eigenvalue weighted by atomic mass is 16.5. The van der Waals surface area contributed by atoms with Crippen molar-refractivity contribution < 1.29 is 14.6 Å². The summed E-state index contributed by atoms with van der Waals surface area (Å²) in [5.41, 5.74) is 2.05. The standard InChI is InChI=1S/C29H35N3O3/c1-2-35-28(33)24-11-18-32(19-12-24)27-9-8-23(26(30-27)20-22-6-4-3-5-7-22)10-15-29(34)21-31-16-13-25(29)14-17-31/h3-9,24-25,34H,2,11-14,16-21H2,1H3. The lowest BCUT2D eigenvalue weighted by Gasteiger charge is -2.47. The van der Waals surface area contributed by atoms with Crippen LogP contribution in [-0.4, -0.2) is 65.9 Å². The highest BCUT2D eigenvalue weighted by Crippen LogP contribution is 2.35. The minimum Gasteiger partial charge on any atom is -0.466 e. The van der Waals surface area contributed by atoms with Gasteiger partial charge in [-0.25, -0.2) is 4.98 Å². The van der Waals surface area contributed by atoms with Crippen LogP contribution in [-0.2, 0) is 16.0 Å². The van der Waals surface area contributed by atoms with Crippen LogP contribution >= 0.6 is 0 Å².